The summed E-state index contributed by atoms with van der Waals surface area (Å²) < 4.78 is 5.31. The van der Waals surface area contributed by atoms with Gasteiger partial charge >= 0.3 is 0 Å². The lowest BCUT2D eigenvalue weighted by molar-refractivity contribution is -0.104. The van der Waals surface area contributed by atoms with E-state index in [1.807, 2.05) is 24.4 Å². The molecule has 0 bridgehead atoms. The van der Waals surface area contributed by atoms with Crippen molar-refractivity contribution >= 4 is 22.8 Å². The van der Waals surface area contributed by atoms with E-state index in [1.54, 1.807) is 7.11 Å². The number of benzene rings is 2. The summed E-state index contributed by atoms with van der Waals surface area (Å²) in [6.07, 6.45) is 3.65. The van der Waals surface area contributed by atoms with E-state index in [0.717, 1.165) is 45.4 Å². The minimum absolute atomic E-state index is 0.657. The van der Waals surface area contributed by atoms with E-state index in [9.17, 15) is 4.79 Å². The number of allylic oxidation sites excluding steroid dienone is 1. The lowest BCUT2D eigenvalue weighted by atomic mass is 9.95. The molecule has 0 saturated heterocycles. The Bertz CT molecular complexity index is 963. The van der Waals surface area contributed by atoms with E-state index in [4.69, 9.17) is 4.74 Å². The third-order valence-corrected chi connectivity index (χ3v) is 4.61. The van der Waals surface area contributed by atoms with Crippen LogP contribution in [0.5, 0.6) is 5.75 Å². The molecule has 1 aromatic heterocycles. The van der Waals surface area contributed by atoms with E-state index < -0.39 is 0 Å². The molecule has 0 spiro atoms. The molecule has 0 saturated carbocycles. The first-order valence-corrected chi connectivity index (χ1v) is 7.65. The highest BCUT2D eigenvalue weighted by atomic mass is 16.5. The van der Waals surface area contributed by atoms with Crippen LogP contribution in [0.3, 0.4) is 0 Å². The second kappa shape index (κ2) is 5.13. The monoisotopic (exact) mass is 303 g/mol. The molecule has 0 atom stereocenters. The molecule has 0 radical (unpaired) electrons. The summed E-state index contributed by atoms with van der Waals surface area (Å²) in [7, 11) is 1.66. The largest absolute Gasteiger partial charge is 0.497 e. The average Bonchev–Trinajstić information content (AvgIpc) is 3.15. The molecular weight excluding hydrogens is 286 g/mol. The Balaban J connectivity index is 1.98. The fourth-order valence-electron chi connectivity index (χ4n) is 3.54. The van der Waals surface area contributed by atoms with Gasteiger partial charge in [-0.15, -0.1) is 0 Å². The van der Waals surface area contributed by atoms with Crippen LogP contribution < -0.4 is 4.74 Å². The normalized spacial score (nSPS) is 13.5. The molecular formula is C20H17NO2. The number of hydrogen-bond acceptors (Lipinski definition) is 2. The molecule has 4 rings (SSSR count). The highest BCUT2D eigenvalue weighted by Crippen LogP contribution is 2.41. The van der Waals surface area contributed by atoms with Gasteiger partial charge in [0, 0.05) is 34.7 Å². The molecule has 3 heteroatoms. The summed E-state index contributed by atoms with van der Waals surface area (Å²) in [5, 5.41) is 1.19. The van der Waals surface area contributed by atoms with Gasteiger partial charge in [-0.1, -0.05) is 18.2 Å². The van der Waals surface area contributed by atoms with Crippen LogP contribution in [0.15, 0.2) is 48.2 Å². The maximum absolute atomic E-state index is 11.7. The minimum atomic E-state index is 0.657. The Morgan fingerprint density at radius 3 is 2.83 bits per heavy atom. The Morgan fingerprint density at radius 2 is 2.04 bits per heavy atom. The number of fused-ring (bicyclic) bond motifs is 2. The quantitative estimate of drug-likeness (QED) is 0.742. The van der Waals surface area contributed by atoms with E-state index in [1.165, 1.54) is 10.9 Å². The summed E-state index contributed by atoms with van der Waals surface area (Å²) in [6.45, 7) is 2.10. The molecule has 3 nitrogen and oxygen atoms in total. The van der Waals surface area contributed by atoms with Gasteiger partial charge in [0.1, 0.15) is 12.0 Å². The molecule has 0 amide bonds. The number of H-pyrrole nitrogens is 1. The van der Waals surface area contributed by atoms with E-state index >= 15 is 0 Å². The molecule has 1 N–H and O–H groups in total. The fourth-order valence-corrected chi connectivity index (χ4v) is 3.54. The van der Waals surface area contributed by atoms with E-state index in [2.05, 4.69) is 30.1 Å². The molecule has 23 heavy (non-hydrogen) atoms. The van der Waals surface area contributed by atoms with Gasteiger partial charge in [0.15, 0.2) is 0 Å². The molecule has 2 aromatic carbocycles. The topological polar surface area (TPSA) is 42.1 Å². The first kappa shape index (κ1) is 13.8. The third-order valence-electron chi connectivity index (χ3n) is 4.61. The van der Waals surface area contributed by atoms with Crippen molar-refractivity contribution in [2.24, 2.45) is 0 Å². The number of nitrogens with one attached hydrogen (secondary N) is 1. The van der Waals surface area contributed by atoms with Crippen LogP contribution in [0.25, 0.3) is 16.5 Å². The van der Waals surface area contributed by atoms with Crippen LogP contribution in [0.1, 0.15) is 22.3 Å². The Labute approximate surface area is 134 Å². The molecule has 1 aliphatic rings. The van der Waals surface area contributed by atoms with Crippen LogP contribution in [0.4, 0.5) is 0 Å². The highest BCUT2D eigenvalue weighted by Gasteiger charge is 2.25. The van der Waals surface area contributed by atoms with Crippen LogP contribution in [0, 0.1) is 6.92 Å². The Morgan fingerprint density at radius 1 is 1.17 bits per heavy atom. The summed E-state index contributed by atoms with van der Waals surface area (Å²) in [5.74, 6) is 0.824. The number of aromatic nitrogens is 1. The number of ether oxygens (including phenoxy) is 1. The van der Waals surface area contributed by atoms with Crippen LogP contribution in [0.2, 0.25) is 0 Å². The van der Waals surface area contributed by atoms with Crippen LogP contribution >= 0.6 is 0 Å². The zero-order chi connectivity index (χ0) is 16.0. The molecule has 0 aliphatic heterocycles. The van der Waals surface area contributed by atoms with Crippen molar-refractivity contribution in [1.82, 2.24) is 4.98 Å². The van der Waals surface area contributed by atoms with Crippen molar-refractivity contribution in [1.29, 1.82) is 0 Å². The smallest absolute Gasteiger partial charge is 0.147 e. The van der Waals surface area contributed by atoms with Crippen molar-refractivity contribution in [2.75, 3.05) is 7.11 Å². The Hall–Kier alpha value is -2.81. The zero-order valence-electron chi connectivity index (χ0n) is 13.1. The maximum atomic E-state index is 11.7. The first-order chi connectivity index (χ1) is 11.2. The van der Waals surface area contributed by atoms with Gasteiger partial charge in [0.25, 0.3) is 0 Å². The summed E-state index contributed by atoms with van der Waals surface area (Å²) in [6, 6.07) is 12.2. The van der Waals surface area contributed by atoms with Crippen molar-refractivity contribution < 1.29 is 9.53 Å². The van der Waals surface area contributed by atoms with E-state index in [0.29, 0.717) is 6.42 Å². The zero-order valence-corrected chi connectivity index (χ0v) is 13.1. The second-order valence-corrected chi connectivity index (χ2v) is 5.92. The Kier molecular flexibility index (Phi) is 3.08. The number of aryl methyl sites for hydroxylation is 1. The second-order valence-electron chi connectivity index (χ2n) is 5.92. The standard InChI is InChI=1S/C20H17NO2/c1-12-4-3-5-18-19(12)17(10-21-18)20-14(11-22)8-13-9-15(23-2)6-7-16(13)20/h3-7,9-11,21H,8H2,1-2H3. The van der Waals surface area contributed by atoms with Gasteiger partial charge in [0.2, 0.25) is 0 Å². The number of carbonyl (C=O) groups excluding carboxylic acids is 1. The van der Waals surface area contributed by atoms with Crippen molar-refractivity contribution in [3.05, 3.63) is 70.4 Å². The van der Waals surface area contributed by atoms with E-state index in [-0.39, 0.29) is 0 Å². The van der Waals surface area contributed by atoms with Gasteiger partial charge in [-0.2, -0.15) is 0 Å². The SMILES string of the molecule is COc1ccc2c(c1)CC(C=O)=C2c1c[nH]c2cccc(C)c12. The van der Waals surface area contributed by atoms with Crippen LogP contribution in [-0.2, 0) is 11.2 Å². The maximum Gasteiger partial charge on any atom is 0.147 e. The number of carbonyl (C=O) groups is 1. The van der Waals surface area contributed by atoms with Gasteiger partial charge in [0.05, 0.1) is 7.11 Å². The molecule has 1 aliphatic carbocycles. The predicted molar refractivity (Wildman–Crippen MR) is 91.8 cm³/mol. The van der Waals surface area contributed by atoms with Gasteiger partial charge in [-0.3, -0.25) is 4.79 Å². The van der Waals surface area contributed by atoms with Crippen molar-refractivity contribution in [2.45, 2.75) is 13.3 Å². The predicted octanol–water partition coefficient (Wildman–Crippen LogP) is 4.04. The third kappa shape index (κ3) is 2.00. The van der Waals surface area contributed by atoms with Gasteiger partial charge in [-0.25, -0.2) is 0 Å². The van der Waals surface area contributed by atoms with Gasteiger partial charge < -0.3 is 9.72 Å². The number of aldehydes is 1. The summed E-state index contributed by atoms with van der Waals surface area (Å²) in [5.41, 5.74) is 7.54. The number of aromatic amines is 1. The first-order valence-electron chi connectivity index (χ1n) is 7.65. The minimum Gasteiger partial charge on any atom is -0.497 e. The molecule has 114 valence electrons. The fraction of sp³-hybridized carbons (Fsp3) is 0.150. The number of methoxy groups -OCH3 is 1. The highest BCUT2D eigenvalue weighted by molar-refractivity contribution is 6.06. The molecule has 3 aromatic rings. The van der Waals surface area contributed by atoms with Crippen molar-refractivity contribution in [3.8, 4) is 5.75 Å². The summed E-state index contributed by atoms with van der Waals surface area (Å²) in [4.78, 5) is 15.0. The average molecular weight is 303 g/mol. The lowest BCUT2D eigenvalue weighted by Crippen LogP contribution is -1.90. The molecule has 0 unspecified atom stereocenters. The van der Waals surface area contributed by atoms with Gasteiger partial charge in [-0.05, 0) is 47.4 Å². The number of rotatable bonds is 3. The number of hydrogen-bond donors (Lipinski definition) is 1. The lowest BCUT2D eigenvalue weighted by Gasteiger charge is -2.08. The molecule has 1 heterocycles. The molecule has 0 fully saturated rings. The summed E-state index contributed by atoms with van der Waals surface area (Å²) >= 11 is 0. The van der Waals surface area contributed by atoms with Crippen molar-refractivity contribution in [3.63, 3.8) is 0 Å². The van der Waals surface area contributed by atoms with Crippen LogP contribution in [-0.4, -0.2) is 18.4 Å².